The zero-order valence-electron chi connectivity index (χ0n) is 16.5. The summed E-state index contributed by atoms with van der Waals surface area (Å²) >= 11 is 1.75. The largest absolute Gasteiger partial charge is 0.289 e. The van der Waals surface area contributed by atoms with E-state index in [0.29, 0.717) is 11.5 Å². The van der Waals surface area contributed by atoms with Crippen LogP contribution in [0.4, 0.5) is 0 Å². The van der Waals surface area contributed by atoms with Gasteiger partial charge in [-0.1, -0.05) is 24.3 Å². The van der Waals surface area contributed by atoms with E-state index in [1.165, 1.54) is 12.7 Å². The zero-order chi connectivity index (χ0) is 21.0. The summed E-state index contributed by atoms with van der Waals surface area (Å²) in [5.74, 6) is 1.54. The van der Waals surface area contributed by atoms with E-state index in [1.54, 1.807) is 33.8 Å². The minimum atomic E-state index is 0.111. The van der Waals surface area contributed by atoms with E-state index in [0.717, 1.165) is 33.6 Å². The maximum Gasteiger partial charge on any atom is 0.186 e. The van der Waals surface area contributed by atoms with Crippen LogP contribution in [0.5, 0.6) is 0 Å². The third kappa shape index (κ3) is 4.24. The van der Waals surface area contributed by atoms with Crippen molar-refractivity contribution in [3.8, 4) is 11.4 Å². The smallest absolute Gasteiger partial charge is 0.186 e. The van der Waals surface area contributed by atoms with E-state index in [9.17, 15) is 4.79 Å². The molecule has 1 aliphatic heterocycles. The molecule has 5 rings (SSSR count). The number of thioether (sulfide) groups is 1. The van der Waals surface area contributed by atoms with Crippen molar-refractivity contribution < 1.29 is 4.79 Å². The van der Waals surface area contributed by atoms with Crippen LogP contribution in [-0.4, -0.2) is 46.8 Å². The highest BCUT2D eigenvalue weighted by Crippen LogP contribution is 2.27. The SMILES string of the molecule is O=C1/C(=C/c2ccc(-n3cncn3)cc2)CSC/C1=C/c1ccc(-n2cncn2)cc1. The third-order valence-corrected chi connectivity index (χ3v) is 5.96. The van der Waals surface area contributed by atoms with Crippen LogP contribution in [0.1, 0.15) is 11.1 Å². The first kappa shape index (κ1) is 19.2. The summed E-state index contributed by atoms with van der Waals surface area (Å²) in [5, 5.41) is 8.26. The second-order valence-corrected chi connectivity index (χ2v) is 8.01. The Bertz CT molecular complexity index is 1140. The van der Waals surface area contributed by atoms with Gasteiger partial charge >= 0.3 is 0 Å². The minimum Gasteiger partial charge on any atom is -0.289 e. The predicted molar refractivity (Wildman–Crippen MR) is 121 cm³/mol. The zero-order valence-corrected chi connectivity index (χ0v) is 17.3. The van der Waals surface area contributed by atoms with Gasteiger partial charge in [0.1, 0.15) is 25.3 Å². The highest BCUT2D eigenvalue weighted by atomic mass is 32.2. The summed E-state index contributed by atoms with van der Waals surface area (Å²) in [5.41, 5.74) is 5.47. The standard InChI is InChI=1S/C23H18N6OS/c30-23-19(9-17-1-5-21(6-2-17)28-15-24-13-26-28)11-31-12-20(23)10-18-3-7-22(8-4-18)29-16-25-14-27-29/h1-10,13-16H,11-12H2/b19-9-,20-10+. The summed E-state index contributed by atoms with van der Waals surface area (Å²) in [4.78, 5) is 21.0. The fraction of sp³-hybridized carbons (Fsp3) is 0.0870. The summed E-state index contributed by atoms with van der Waals surface area (Å²) < 4.78 is 3.40. The van der Waals surface area contributed by atoms with Gasteiger partial charge in [0, 0.05) is 22.7 Å². The number of ketones is 1. The molecule has 0 aliphatic carbocycles. The molecule has 0 spiro atoms. The monoisotopic (exact) mass is 426 g/mol. The van der Waals surface area contributed by atoms with E-state index in [4.69, 9.17) is 0 Å². The van der Waals surface area contributed by atoms with Gasteiger partial charge in [-0.3, -0.25) is 4.79 Å². The molecular weight excluding hydrogens is 408 g/mol. The van der Waals surface area contributed by atoms with Crippen LogP contribution in [0.25, 0.3) is 23.5 Å². The number of carbonyl (C=O) groups is 1. The number of Topliss-reactive ketones (excluding diaryl/α,β-unsaturated/α-hetero) is 1. The topological polar surface area (TPSA) is 78.5 Å². The predicted octanol–water partition coefficient (Wildman–Crippen LogP) is 3.63. The average Bonchev–Trinajstić information content (AvgIpc) is 3.52. The number of benzene rings is 2. The van der Waals surface area contributed by atoms with Crippen LogP contribution in [0.3, 0.4) is 0 Å². The van der Waals surface area contributed by atoms with Crippen molar-refractivity contribution in [3.63, 3.8) is 0 Å². The van der Waals surface area contributed by atoms with Crippen molar-refractivity contribution in [3.05, 3.63) is 96.1 Å². The molecule has 0 saturated carbocycles. The summed E-state index contributed by atoms with van der Waals surface area (Å²) in [6.07, 6.45) is 10.3. The molecule has 1 saturated heterocycles. The van der Waals surface area contributed by atoms with Crippen LogP contribution in [0, 0.1) is 0 Å². The molecule has 2 aromatic heterocycles. The molecular formula is C23H18N6OS. The van der Waals surface area contributed by atoms with Crippen molar-refractivity contribution in [2.24, 2.45) is 0 Å². The van der Waals surface area contributed by atoms with Crippen LogP contribution >= 0.6 is 11.8 Å². The first-order chi connectivity index (χ1) is 15.3. The lowest BCUT2D eigenvalue weighted by atomic mass is 10.0. The number of rotatable bonds is 4. The van der Waals surface area contributed by atoms with Crippen LogP contribution < -0.4 is 0 Å². The van der Waals surface area contributed by atoms with Crippen LogP contribution in [0.2, 0.25) is 0 Å². The lowest BCUT2D eigenvalue weighted by Gasteiger charge is -2.16. The van der Waals surface area contributed by atoms with E-state index in [-0.39, 0.29) is 5.78 Å². The number of aromatic nitrogens is 6. The first-order valence-electron chi connectivity index (χ1n) is 9.70. The summed E-state index contributed by atoms with van der Waals surface area (Å²) in [6, 6.07) is 15.8. The van der Waals surface area contributed by atoms with E-state index in [2.05, 4.69) is 20.2 Å². The Hall–Kier alpha value is -3.78. The van der Waals surface area contributed by atoms with Gasteiger partial charge < -0.3 is 0 Å². The van der Waals surface area contributed by atoms with Gasteiger partial charge in [-0.05, 0) is 47.5 Å². The average molecular weight is 427 g/mol. The maximum absolute atomic E-state index is 13.0. The molecule has 8 heteroatoms. The molecule has 0 radical (unpaired) electrons. The van der Waals surface area contributed by atoms with Crippen molar-refractivity contribution in [2.45, 2.75) is 0 Å². The molecule has 0 N–H and O–H groups in total. The molecule has 0 amide bonds. The third-order valence-electron chi connectivity index (χ3n) is 4.93. The fourth-order valence-electron chi connectivity index (χ4n) is 3.35. The molecule has 0 bridgehead atoms. The Labute approximate surface area is 183 Å². The van der Waals surface area contributed by atoms with Crippen molar-refractivity contribution in [1.82, 2.24) is 29.5 Å². The van der Waals surface area contributed by atoms with Crippen LogP contribution in [0.15, 0.2) is 85.0 Å². The second-order valence-electron chi connectivity index (χ2n) is 7.02. The van der Waals surface area contributed by atoms with E-state index < -0.39 is 0 Å². The van der Waals surface area contributed by atoms with Gasteiger partial charge in [0.25, 0.3) is 0 Å². The molecule has 31 heavy (non-hydrogen) atoms. The highest BCUT2D eigenvalue weighted by molar-refractivity contribution is 7.99. The number of hydrogen-bond donors (Lipinski definition) is 0. The second kappa shape index (κ2) is 8.53. The molecule has 152 valence electrons. The normalized spacial score (nSPS) is 16.8. The Balaban J connectivity index is 1.34. The highest BCUT2D eigenvalue weighted by Gasteiger charge is 2.21. The molecule has 0 atom stereocenters. The quantitative estimate of drug-likeness (QED) is 0.464. The van der Waals surface area contributed by atoms with Gasteiger partial charge in [-0.2, -0.15) is 22.0 Å². The van der Waals surface area contributed by atoms with Gasteiger partial charge in [0.05, 0.1) is 11.4 Å². The van der Waals surface area contributed by atoms with Gasteiger partial charge in [0.2, 0.25) is 0 Å². The van der Waals surface area contributed by atoms with Crippen molar-refractivity contribution in [2.75, 3.05) is 11.5 Å². The lowest BCUT2D eigenvalue weighted by Crippen LogP contribution is -2.16. The van der Waals surface area contributed by atoms with Crippen molar-refractivity contribution in [1.29, 1.82) is 0 Å². The molecule has 0 unspecified atom stereocenters. The number of carbonyl (C=O) groups excluding carboxylic acids is 1. The summed E-state index contributed by atoms with van der Waals surface area (Å²) in [6.45, 7) is 0. The molecule has 1 fully saturated rings. The number of nitrogens with zero attached hydrogens (tertiary/aromatic N) is 6. The van der Waals surface area contributed by atoms with Gasteiger partial charge in [-0.25, -0.2) is 19.3 Å². The molecule has 3 heterocycles. The Kier molecular flexibility index (Phi) is 5.28. The van der Waals surface area contributed by atoms with Crippen LogP contribution in [-0.2, 0) is 4.79 Å². The Morgan fingerprint density at radius 2 is 1.16 bits per heavy atom. The van der Waals surface area contributed by atoms with Gasteiger partial charge in [0.15, 0.2) is 5.78 Å². The van der Waals surface area contributed by atoms with E-state index >= 15 is 0 Å². The first-order valence-corrected chi connectivity index (χ1v) is 10.9. The van der Waals surface area contributed by atoms with Gasteiger partial charge in [-0.15, -0.1) is 0 Å². The molecule has 7 nitrogen and oxygen atoms in total. The number of hydrogen-bond acceptors (Lipinski definition) is 6. The Morgan fingerprint density at radius 1 is 0.710 bits per heavy atom. The minimum absolute atomic E-state index is 0.111. The lowest BCUT2D eigenvalue weighted by molar-refractivity contribution is -0.112. The van der Waals surface area contributed by atoms with Crippen molar-refractivity contribution >= 4 is 29.7 Å². The fourth-order valence-corrected chi connectivity index (χ4v) is 4.33. The maximum atomic E-state index is 13.0. The molecule has 1 aliphatic rings. The van der Waals surface area contributed by atoms with E-state index in [1.807, 2.05) is 60.7 Å². The molecule has 4 aromatic rings. The summed E-state index contributed by atoms with van der Waals surface area (Å²) in [7, 11) is 0. The molecule has 2 aromatic carbocycles. The Morgan fingerprint density at radius 3 is 1.55 bits per heavy atom.